The number of hydrogen-bond acceptors (Lipinski definition) is 4. The highest BCUT2D eigenvalue weighted by Crippen LogP contribution is 2.19. The second-order valence-electron chi connectivity index (χ2n) is 4.80. The number of nitrogens with one attached hydrogen (secondary N) is 1. The summed E-state index contributed by atoms with van der Waals surface area (Å²) in [5.41, 5.74) is 0.329. The molecule has 0 aromatic heterocycles. The zero-order valence-electron chi connectivity index (χ0n) is 12.2. The van der Waals surface area contributed by atoms with Crippen LogP contribution in [0, 0.1) is 15.9 Å². The van der Waals surface area contributed by atoms with Crippen LogP contribution < -0.4 is 5.32 Å². The Bertz CT molecular complexity index is 450. The SMILES string of the molecule is CCN(CC)CC(C)NCc1cc(F)ccc1[N+](=O)[O-]. The monoisotopic (exact) mass is 283 g/mol. The third-order valence-electron chi connectivity index (χ3n) is 3.31. The highest BCUT2D eigenvalue weighted by Gasteiger charge is 2.15. The van der Waals surface area contributed by atoms with E-state index >= 15 is 0 Å². The molecule has 0 saturated carbocycles. The second-order valence-corrected chi connectivity index (χ2v) is 4.80. The fourth-order valence-corrected chi connectivity index (χ4v) is 2.09. The average molecular weight is 283 g/mol. The molecule has 1 aromatic rings. The summed E-state index contributed by atoms with van der Waals surface area (Å²) in [5.74, 6) is -0.455. The van der Waals surface area contributed by atoms with Gasteiger partial charge in [-0.1, -0.05) is 13.8 Å². The summed E-state index contributed by atoms with van der Waals surface area (Å²) < 4.78 is 13.2. The first kappa shape index (κ1) is 16.5. The Morgan fingerprint density at radius 2 is 2.05 bits per heavy atom. The Hall–Kier alpha value is -1.53. The number of likely N-dealkylation sites (N-methyl/N-ethyl adjacent to an activating group) is 1. The average Bonchev–Trinajstić information content (AvgIpc) is 2.42. The molecular formula is C14H22FN3O2. The minimum atomic E-state index is -0.481. The van der Waals surface area contributed by atoms with Crippen molar-refractivity contribution in [2.45, 2.75) is 33.4 Å². The highest BCUT2D eigenvalue weighted by atomic mass is 19.1. The van der Waals surface area contributed by atoms with Crippen molar-refractivity contribution in [3.05, 3.63) is 39.7 Å². The molecule has 1 atom stereocenters. The normalized spacial score (nSPS) is 12.7. The van der Waals surface area contributed by atoms with E-state index in [1.165, 1.54) is 12.1 Å². The first-order valence-corrected chi connectivity index (χ1v) is 6.86. The van der Waals surface area contributed by atoms with Gasteiger partial charge in [0, 0.05) is 30.8 Å². The van der Waals surface area contributed by atoms with Crippen LogP contribution >= 0.6 is 0 Å². The molecule has 0 amide bonds. The van der Waals surface area contributed by atoms with Crippen LogP contribution in [0.2, 0.25) is 0 Å². The molecule has 5 nitrogen and oxygen atoms in total. The van der Waals surface area contributed by atoms with Crippen molar-refractivity contribution in [3.63, 3.8) is 0 Å². The number of rotatable bonds is 8. The van der Waals surface area contributed by atoms with Crippen LogP contribution in [0.15, 0.2) is 18.2 Å². The Kier molecular flexibility index (Phi) is 6.54. The predicted octanol–water partition coefficient (Wildman–Crippen LogP) is 2.55. The Balaban J connectivity index is 2.65. The fourth-order valence-electron chi connectivity index (χ4n) is 2.09. The lowest BCUT2D eigenvalue weighted by atomic mass is 10.1. The zero-order chi connectivity index (χ0) is 15.1. The second kappa shape index (κ2) is 7.91. The van der Waals surface area contributed by atoms with Gasteiger partial charge in [0.1, 0.15) is 5.82 Å². The molecule has 0 heterocycles. The maximum atomic E-state index is 13.2. The smallest absolute Gasteiger partial charge is 0.274 e. The quantitative estimate of drug-likeness (QED) is 0.588. The minimum absolute atomic E-state index is 0.0473. The van der Waals surface area contributed by atoms with Crippen molar-refractivity contribution < 1.29 is 9.31 Å². The summed E-state index contributed by atoms with van der Waals surface area (Å²) in [6.07, 6.45) is 0. The van der Waals surface area contributed by atoms with Gasteiger partial charge in [-0.3, -0.25) is 10.1 Å². The summed E-state index contributed by atoms with van der Waals surface area (Å²) in [6, 6.07) is 3.72. The number of nitro benzene ring substituents is 1. The molecule has 0 saturated heterocycles. The van der Waals surface area contributed by atoms with Gasteiger partial charge in [-0.15, -0.1) is 0 Å². The molecule has 1 N–H and O–H groups in total. The largest absolute Gasteiger partial charge is 0.309 e. The Morgan fingerprint density at radius 1 is 1.40 bits per heavy atom. The lowest BCUT2D eigenvalue weighted by molar-refractivity contribution is -0.385. The first-order valence-electron chi connectivity index (χ1n) is 6.86. The topological polar surface area (TPSA) is 58.4 Å². The van der Waals surface area contributed by atoms with Gasteiger partial charge in [0.05, 0.1) is 4.92 Å². The molecule has 0 fully saturated rings. The summed E-state index contributed by atoms with van der Waals surface area (Å²) in [7, 11) is 0. The third kappa shape index (κ3) is 4.86. The van der Waals surface area contributed by atoms with E-state index in [2.05, 4.69) is 24.1 Å². The van der Waals surface area contributed by atoms with E-state index < -0.39 is 10.7 Å². The molecule has 1 unspecified atom stereocenters. The number of nitrogens with zero attached hydrogens (tertiary/aromatic N) is 2. The molecule has 0 aliphatic heterocycles. The van der Waals surface area contributed by atoms with E-state index in [9.17, 15) is 14.5 Å². The molecule has 0 aliphatic rings. The van der Waals surface area contributed by atoms with Crippen LogP contribution in [-0.2, 0) is 6.54 Å². The van der Waals surface area contributed by atoms with Gasteiger partial charge >= 0.3 is 0 Å². The number of halogens is 1. The van der Waals surface area contributed by atoms with Gasteiger partial charge in [0.2, 0.25) is 0 Å². The molecule has 0 spiro atoms. The van der Waals surface area contributed by atoms with E-state index in [0.29, 0.717) is 5.56 Å². The molecule has 112 valence electrons. The van der Waals surface area contributed by atoms with Crippen LogP contribution in [0.5, 0.6) is 0 Å². The number of benzene rings is 1. The van der Waals surface area contributed by atoms with E-state index in [1.807, 2.05) is 6.92 Å². The van der Waals surface area contributed by atoms with E-state index in [0.717, 1.165) is 25.7 Å². The first-order chi connectivity index (χ1) is 9.47. The van der Waals surface area contributed by atoms with Gasteiger partial charge in [-0.25, -0.2) is 4.39 Å². The van der Waals surface area contributed by atoms with Crippen LogP contribution in [0.25, 0.3) is 0 Å². The zero-order valence-corrected chi connectivity index (χ0v) is 12.2. The van der Waals surface area contributed by atoms with Crippen molar-refractivity contribution in [1.82, 2.24) is 10.2 Å². The molecule has 1 rings (SSSR count). The van der Waals surface area contributed by atoms with Crippen LogP contribution in [0.1, 0.15) is 26.3 Å². The molecule has 1 aromatic carbocycles. The van der Waals surface area contributed by atoms with Gasteiger partial charge in [0.25, 0.3) is 5.69 Å². The minimum Gasteiger partial charge on any atom is -0.309 e. The van der Waals surface area contributed by atoms with E-state index in [-0.39, 0.29) is 18.3 Å². The molecule has 0 aliphatic carbocycles. The van der Waals surface area contributed by atoms with Crippen LogP contribution in [-0.4, -0.2) is 35.5 Å². The molecule has 0 bridgehead atoms. The van der Waals surface area contributed by atoms with Crippen molar-refractivity contribution in [1.29, 1.82) is 0 Å². The van der Waals surface area contributed by atoms with E-state index in [1.54, 1.807) is 0 Å². The maximum Gasteiger partial charge on any atom is 0.274 e. The third-order valence-corrected chi connectivity index (χ3v) is 3.31. The van der Waals surface area contributed by atoms with E-state index in [4.69, 9.17) is 0 Å². The summed E-state index contributed by atoms with van der Waals surface area (Å²) >= 11 is 0. The summed E-state index contributed by atoms with van der Waals surface area (Å²) in [6.45, 7) is 9.27. The molecule has 20 heavy (non-hydrogen) atoms. The Morgan fingerprint density at radius 3 is 2.60 bits per heavy atom. The Labute approximate surface area is 118 Å². The standard InChI is InChI=1S/C14H22FN3O2/c1-4-17(5-2)10-11(3)16-9-12-8-13(15)6-7-14(12)18(19)20/h6-8,11,16H,4-5,9-10H2,1-3H3. The number of nitro groups is 1. The molecular weight excluding hydrogens is 261 g/mol. The van der Waals surface area contributed by atoms with Crippen molar-refractivity contribution in [2.24, 2.45) is 0 Å². The molecule has 0 radical (unpaired) electrons. The number of hydrogen-bond donors (Lipinski definition) is 1. The van der Waals surface area contributed by atoms with Crippen molar-refractivity contribution in [2.75, 3.05) is 19.6 Å². The van der Waals surface area contributed by atoms with Crippen molar-refractivity contribution in [3.8, 4) is 0 Å². The van der Waals surface area contributed by atoms with Crippen LogP contribution in [0.3, 0.4) is 0 Å². The summed E-state index contributed by atoms with van der Waals surface area (Å²) in [4.78, 5) is 12.7. The molecule has 6 heteroatoms. The van der Waals surface area contributed by atoms with Gasteiger partial charge in [-0.05, 0) is 32.1 Å². The van der Waals surface area contributed by atoms with Gasteiger partial charge < -0.3 is 10.2 Å². The highest BCUT2D eigenvalue weighted by molar-refractivity contribution is 5.40. The fraction of sp³-hybridized carbons (Fsp3) is 0.571. The van der Waals surface area contributed by atoms with Gasteiger partial charge in [-0.2, -0.15) is 0 Å². The van der Waals surface area contributed by atoms with Crippen LogP contribution in [0.4, 0.5) is 10.1 Å². The summed E-state index contributed by atoms with van der Waals surface area (Å²) in [5, 5.41) is 14.1. The maximum absolute atomic E-state index is 13.2. The van der Waals surface area contributed by atoms with Crippen molar-refractivity contribution >= 4 is 5.69 Å². The lowest BCUT2D eigenvalue weighted by Crippen LogP contribution is -2.38. The van der Waals surface area contributed by atoms with Gasteiger partial charge in [0.15, 0.2) is 0 Å². The lowest BCUT2D eigenvalue weighted by Gasteiger charge is -2.23. The predicted molar refractivity (Wildman–Crippen MR) is 77.1 cm³/mol.